The van der Waals surface area contributed by atoms with Crippen LogP contribution in [0.25, 0.3) is 0 Å². The van der Waals surface area contributed by atoms with Crippen LogP contribution in [0.5, 0.6) is 0 Å². The van der Waals surface area contributed by atoms with Gasteiger partial charge in [0.2, 0.25) is 0 Å². The quantitative estimate of drug-likeness (QED) is 0.650. The van der Waals surface area contributed by atoms with Crippen LogP contribution in [-0.2, 0) is 4.79 Å². The molecule has 2 aliphatic heterocycles. The average Bonchev–Trinajstić information content (AvgIpc) is 3.12. The molecule has 2 heterocycles. The number of benzene rings is 1. The highest BCUT2D eigenvalue weighted by Crippen LogP contribution is 2.37. The molecule has 0 fully saturated rings. The number of carboxylic acid groups (broad SMARTS) is 1. The number of amidine groups is 1. The predicted octanol–water partition coefficient (Wildman–Crippen LogP) is 2.28. The van der Waals surface area contributed by atoms with Crippen molar-refractivity contribution in [3.8, 4) is 0 Å². The first kappa shape index (κ1) is 13.7. The molecule has 1 aromatic rings. The lowest BCUT2D eigenvalue weighted by Crippen LogP contribution is -2.49. The summed E-state index contributed by atoms with van der Waals surface area (Å²) >= 11 is 3.64. The molecule has 0 radical (unpaired) electrons. The number of carboxylic acids is 1. The summed E-state index contributed by atoms with van der Waals surface area (Å²) in [6.07, 6.45) is 4.81. The number of hydrogen-bond donors (Lipinski definition) is 1. The van der Waals surface area contributed by atoms with Crippen molar-refractivity contribution >= 4 is 33.4 Å². The van der Waals surface area contributed by atoms with Gasteiger partial charge in [0.1, 0.15) is 10.7 Å². The van der Waals surface area contributed by atoms with Gasteiger partial charge in [-0.3, -0.25) is 4.99 Å². The van der Waals surface area contributed by atoms with Crippen molar-refractivity contribution in [2.75, 3.05) is 0 Å². The van der Waals surface area contributed by atoms with Gasteiger partial charge in [0.15, 0.2) is 6.04 Å². The Kier molecular flexibility index (Phi) is 3.14. The number of hydrogen-bond acceptors (Lipinski definition) is 4. The predicted molar refractivity (Wildman–Crippen MR) is 87.4 cm³/mol. The molecule has 4 unspecified atom stereocenters. The van der Waals surface area contributed by atoms with Gasteiger partial charge < -0.3 is 5.11 Å². The Morgan fingerprint density at radius 2 is 2.09 bits per heavy atom. The molecule has 112 valence electrons. The number of aliphatic carboxylic acids is 1. The highest BCUT2D eigenvalue weighted by molar-refractivity contribution is 9.10. The lowest BCUT2D eigenvalue weighted by Gasteiger charge is -2.35. The second kappa shape index (κ2) is 5.05. The van der Waals surface area contributed by atoms with Crippen LogP contribution in [0.15, 0.2) is 52.6 Å². The van der Waals surface area contributed by atoms with E-state index in [4.69, 9.17) is 5.10 Å². The van der Waals surface area contributed by atoms with Crippen LogP contribution in [0.3, 0.4) is 0 Å². The minimum absolute atomic E-state index is 0.0186. The fourth-order valence-electron chi connectivity index (χ4n) is 3.33. The molecule has 6 heteroatoms. The number of alkyl halides is 1. The highest BCUT2D eigenvalue weighted by atomic mass is 79.9. The molecule has 3 aliphatic rings. The smallest absolute Gasteiger partial charge is 0.328 e. The summed E-state index contributed by atoms with van der Waals surface area (Å²) in [4.78, 5) is 15.8. The number of halogens is 1. The number of rotatable bonds is 2. The van der Waals surface area contributed by atoms with Crippen LogP contribution in [0.2, 0.25) is 0 Å². The SMILES string of the molecule is O=C(O)C1N=C2C(Br)C(c3ccccc3)=NN2C2C=CCC12. The second-order valence-electron chi connectivity index (χ2n) is 5.65. The molecule has 4 rings (SSSR count). The van der Waals surface area contributed by atoms with Gasteiger partial charge in [-0.05, 0) is 12.0 Å². The maximum atomic E-state index is 11.5. The van der Waals surface area contributed by atoms with E-state index in [1.165, 1.54) is 0 Å². The summed E-state index contributed by atoms with van der Waals surface area (Å²) in [5.41, 5.74) is 1.90. The summed E-state index contributed by atoms with van der Waals surface area (Å²) in [6, 6.07) is 9.19. The third-order valence-electron chi connectivity index (χ3n) is 4.38. The third kappa shape index (κ3) is 1.94. The molecule has 0 saturated carbocycles. The van der Waals surface area contributed by atoms with Gasteiger partial charge in [-0.25, -0.2) is 9.80 Å². The first-order chi connectivity index (χ1) is 10.7. The van der Waals surface area contributed by atoms with E-state index in [1.54, 1.807) is 0 Å². The first-order valence-electron chi connectivity index (χ1n) is 7.21. The molecule has 22 heavy (non-hydrogen) atoms. The molecule has 5 nitrogen and oxygen atoms in total. The van der Waals surface area contributed by atoms with Crippen LogP contribution in [-0.4, -0.2) is 44.5 Å². The van der Waals surface area contributed by atoms with Gasteiger partial charge >= 0.3 is 5.97 Å². The molecule has 4 atom stereocenters. The minimum atomic E-state index is -0.862. The number of allylic oxidation sites excluding steroid dienone is 1. The first-order valence-corrected chi connectivity index (χ1v) is 8.13. The van der Waals surface area contributed by atoms with Crippen molar-refractivity contribution in [2.45, 2.75) is 23.3 Å². The highest BCUT2D eigenvalue weighted by Gasteiger charge is 2.48. The molecule has 1 N–H and O–H groups in total. The van der Waals surface area contributed by atoms with Crippen LogP contribution in [0.4, 0.5) is 0 Å². The summed E-state index contributed by atoms with van der Waals surface area (Å²) in [5, 5.41) is 16.1. The number of nitrogens with zero attached hydrogens (tertiary/aromatic N) is 3. The van der Waals surface area contributed by atoms with Gasteiger partial charge in [-0.1, -0.05) is 58.4 Å². The molecule has 0 bridgehead atoms. The van der Waals surface area contributed by atoms with Gasteiger partial charge in [0.25, 0.3) is 0 Å². The van der Waals surface area contributed by atoms with Crippen LogP contribution >= 0.6 is 15.9 Å². The second-order valence-corrected chi connectivity index (χ2v) is 6.56. The lowest BCUT2D eigenvalue weighted by atomic mass is 9.91. The van der Waals surface area contributed by atoms with E-state index in [9.17, 15) is 9.90 Å². The summed E-state index contributed by atoms with van der Waals surface area (Å²) < 4.78 is 0. The molecular weight excluding hydrogens is 346 g/mol. The molecule has 0 saturated heterocycles. The standard InChI is InChI=1S/C16H14BrN3O2/c17-12-13(9-5-2-1-3-6-9)19-20-11-8-4-7-10(11)14(16(21)22)18-15(12)20/h1-6,8,10-12,14H,7H2,(H,21,22). The topological polar surface area (TPSA) is 65.3 Å². The number of hydrazone groups is 1. The van der Waals surface area contributed by atoms with Crippen molar-refractivity contribution in [2.24, 2.45) is 16.0 Å². The molecule has 0 spiro atoms. The Bertz CT molecular complexity index is 713. The Balaban J connectivity index is 1.78. The molecule has 1 aromatic carbocycles. The summed E-state index contributed by atoms with van der Waals surface area (Å²) in [7, 11) is 0. The molecular formula is C16H14BrN3O2. The van der Waals surface area contributed by atoms with Gasteiger partial charge in [-0.2, -0.15) is 5.10 Å². The van der Waals surface area contributed by atoms with E-state index in [1.807, 2.05) is 47.5 Å². The summed E-state index contributed by atoms with van der Waals surface area (Å²) in [5.74, 6) is -0.211. The fraction of sp³-hybridized carbons (Fsp3) is 0.312. The zero-order chi connectivity index (χ0) is 15.3. The maximum Gasteiger partial charge on any atom is 0.328 e. The van der Waals surface area contributed by atoms with Crippen LogP contribution in [0, 0.1) is 5.92 Å². The zero-order valence-electron chi connectivity index (χ0n) is 11.6. The van der Waals surface area contributed by atoms with E-state index in [-0.39, 0.29) is 16.8 Å². The Labute approximate surface area is 136 Å². The number of fused-ring (bicyclic) bond motifs is 3. The van der Waals surface area contributed by atoms with E-state index in [2.05, 4.69) is 20.9 Å². The van der Waals surface area contributed by atoms with E-state index in [0.29, 0.717) is 5.84 Å². The molecule has 1 aliphatic carbocycles. The third-order valence-corrected chi connectivity index (χ3v) is 5.22. The van der Waals surface area contributed by atoms with Gasteiger partial charge in [-0.15, -0.1) is 0 Å². The lowest BCUT2D eigenvalue weighted by molar-refractivity contribution is -0.140. The van der Waals surface area contributed by atoms with Gasteiger partial charge in [0.05, 0.1) is 11.8 Å². The van der Waals surface area contributed by atoms with Crippen molar-refractivity contribution in [3.63, 3.8) is 0 Å². The molecule has 0 aromatic heterocycles. The van der Waals surface area contributed by atoms with Crippen molar-refractivity contribution in [1.82, 2.24) is 5.01 Å². The minimum Gasteiger partial charge on any atom is -0.480 e. The van der Waals surface area contributed by atoms with Crippen molar-refractivity contribution in [3.05, 3.63) is 48.0 Å². The Morgan fingerprint density at radius 3 is 2.82 bits per heavy atom. The number of aliphatic imine (C=N–C) groups is 1. The van der Waals surface area contributed by atoms with Crippen molar-refractivity contribution in [1.29, 1.82) is 0 Å². The Hall–Kier alpha value is -1.95. The Morgan fingerprint density at radius 1 is 1.32 bits per heavy atom. The van der Waals surface area contributed by atoms with E-state index >= 15 is 0 Å². The van der Waals surface area contributed by atoms with Crippen molar-refractivity contribution < 1.29 is 9.90 Å². The zero-order valence-corrected chi connectivity index (χ0v) is 13.2. The summed E-state index contributed by atoms with van der Waals surface area (Å²) in [6.45, 7) is 0. The normalized spacial score (nSPS) is 32.3. The average molecular weight is 360 g/mol. The largest absolute Gasteiger partial charge is 0.480 e. The van der Waals surface area contributed by atoms with Crippen LogP contribution in [0.1, 0.15) is 12.0 Å². The van der Waals surface area contributed by atoms with E-state index < -0.39 is 12.0 Å². The van der Waals surface area contributed by atoms with Crippen LogP contribution < -0.4 is 0 Å². The van der Waals surface area contributed by atoms with Gasteiger partial charge in [0, 0.05) is 5.92 Å². The maximum absolute atomic E-state index is 11.5. The number of carbonyl (C=O) groups is 1. The monoisotopic (exact) mass is 359 g/mol. The fourth-order valence-corrected chi connectivity index (χ4v) is 4.01. The molecule has 0 amide bonds. The van der Waals surface area contributed by atoms with E-state index in [0.717, 1.165) is 17.7 Å².